The molecule has 8 heteroatoms. The van der Waals surface area contributed by atoms with Crippen molar-refractivity contribution in [2.45, 2.75) is 31.8 Å². The molecule has 1 atom stereocenters. The Morgan fingerprint density at radius 2 is 1.76 bits per heavy atom. The molecule has 2 aromatic carbocycles. The summed E-state index contributed by atoms with van der Waals surface area (Å²) in [7, 11) is 1.71. The third kappa shape index (κ3) is 5.46. The van der Waals surface area contributed by atoms with Crippen molar-refractivity contribution in [1.82, 2.24) is 25.4 Å². The van der Waals surface area contributed by atoms with Crippen LogP contribution < -0.4 is 5.32 Å². The summed E-state index contributed by atoms with van der Waals surface area (Å²) >= 11 is 0. The standard InChI is InChI=1S/C25H29N5O3/c1-18-22(28-33-27-18)17-29(2)24(31)15-23-25(32)26-13-14-30(23)16-21(19-9-5-3-6-10-19)20-11-7-4-8-12-20/h3-12,21,23H,13-17H2,1-2H3,(H,26,32). The molecule has 1 aromatic heterocycles. The maximum absolute atomic E-state index is 13.0. The van der Waals surface area contributed by atoms with Crippen LogP contribution in [0.3, 0.4) is 0 Å². The Hall–Kier alpha value is -3.52. The minimum atomic E-state index is -0.528. The number of carbonyl (C=O) groups is 2. The third-order valence-electron chi connectivity index (χ3n) is 6.19. The van der Waals surface area contributed by atoms with Gasteiger partial charge < -0.3 is 10.2 Å². The lowest BCUT2D eigenvalue weighted by molar-refractivity contribution is -0.138. The highest BCUT2D eigenvalue weighted by Gasteiger charge is 2.34. The van der Waals surface area contributed by atoms with E-state index in [2.05, 4.69) is 44.8 Å². The number of aromatic nitrogens is 2. The molecule has 1 aliphatic heterocycles. The van der Waals surface area contributed by atoms with E-state index >= 15 is 0 Å². The van der Waals surface area contributed by atoms with E-state index in [1.54, 1.807) is 18.9 Å². The number of benzene rings is 2. The second-order valence-corrected chi connectivity index (χ2v) is 8.43. The largest absolute Gasteiger partial charge is 0.353 e. The Morgan fingerprint density at radius 1 is 1.12 bits per heavy atom. The minimum Gasteiger partial charge on any atom is -0.353 e. The van der Waals surface area contributed by atoms with Gasteiger partial charge >= 0.3 is 0 Å². The molecule has 1 unspecified atom stereocenters. The molecule has 1 saturated heterocycles. The average Bonchev–Trinajstić information content (AvgIpc) is 3.24. The number of nitrogens with one attached hydrogen (secondary N) is 1. The summed E-state index contributed by atoms with van der Waals surface area (Å²) in [6, 6.07) is 20.1. The van der Waals surface area contributed by atoms with E-state index in [4.69, 9.17) is 4.63 Å². The molecular weight excluding hydrogens is 418 g/mol. The second kappa shape index (κ2) is 10.4. The van der Waals surface area contributed by atoms with Gasteiger partial charge in [-0.3, -0.25) is 14.5 Å². The Labute approximate surface area is 193 Å². The molecule has 8 nitrogen and oxygen atoms in total. The van der Waals surface area contributed by atoms with Crippen molar-refractivity contribution in [3.8, 4) is 0 Å². The molecule has 4 rings (SSSR count). The van der Waals surface area contributed by atoms with Gasteiger partial charge in [-0.05, 0) is 18.1 Å². The summed E-state index contributed by atoms with van der Waals surface area (Å²) in [5.74, 6) is -0.139. The van der Waals surface area contributed by atoms with Crippen molar-refractivity contribution in [2.24, 2.45) is 0 Å². The van der Waals surface area contributed by atoms with Gasteiger partial charge in [-0.15, -0.1) is 0 Å². The highest BCUT2D eigenvalue weighted by atomic mass is 16.6. The van der Waals surface area contributed by atoms with Crippen molar-refractivity contribution >= 4 is 11.8 Å². The molecule has 172 valence electrons. The minimum absolute atomic E-state index is 0.0949. The van der Waals surface area contributed by atoms with E-state index in [9.17, 15) is 9.59 Å². The number of hydrogen-bond acceptors (Lipinski definition) is 6. The van der Waals surface area contributed by atoms with Crippen LogP contribution in [0, 0.1) is 6.92 Å². The van der Waals surface area contributed by atoms with Gasteiger partial charge in [0.25, 0.3) is 0 Å². The number of nitrogens with zero attached hydrogens (tertiary/aromatic N) is 4. The van der Waals surface area contributed by atoms with Crippen LogP contribution in [0.5, 0.6) is 0 Å². The molecule has 1 N–H and O–H groups in total. The molecule has 0 radical (unpaired) electrons. The van der Waals surface area contributed by atoms with E-state index in [1.165, 1.54) is 11.1 Å². The van der Waals surface area contributed by atoms with E-state index in [0.717, 1.165) is 0 Å². The zero-order valence-electron chi connectivity index (χ0n) is 19.0. The lowest BCUT2D eigenvalue weighted by Crippen LogP contribution is -2.57. The van der Waals surface area contributed by atoms with Gasteiger partial charge in [-0.1, -0.05) is 71.0 Å². The van der Waals surface area contributed by atoms with Gasteiger partial charge in [0.15, 0.2) is 0 Å². The van der Waals surface area contributed by atoms with E-state index in [1.807, 2.05) is 36.4 Å². The monoisotopic (exact) mass is 447 g/mol. The summed E-state index contributed by atoms with van der Waals surface area (Å²) in [5.41, 5.74) is 3.64. The fourth-order valence-electron chi connectivity index (χ4n) is 4.24. The summed E-state index contributed by atoms with van der Waals surface area (Å²) < 4.78 is 4.73. The Balaban J connectivity index is 1.51. The van der Waals surface area contributed by atoms with Crippen LogP contribution in [-0.2, 0) is 16.1 Å². The number of rotatable bonds is 8. The van der Waals surface area contributed by atoms with Crippen molar-refractivity contribution < 1.29 is 14.2 Å². The molecule has 2 amide bonds. The third-order valence-corrected chi connectivity index (χ3v) is 6.19. The summed E-state index contributed by atoms with van der Waals surface area (Å²) in [6.45, 7) is 3.98. The lowest BCUT2D eigenvalue weighted by Gasteiger charge is -2.37. The molecule has 0 saturated carbocycles. The van der Waals surface area contributed by atoms with Gasteiger partial charge in [0, 0.05) is 32.6 Å². The van der Waals surface area contributed by atoms with Crippen molar-refractivity contribution in [2.75, 3.05) is 26.7 Å². The first-order valence-corrected chi connectivity index (χ1v) is 11.2. The number of hydrogen-bond donors (Lipinski definition) is 1. The Kier molecular flexibility index (Phi) is 7.14. The zero-order valence-corrected chi connectivity index (χ0v) is 19.0. The summed E-state index contributed by atoms with van der Waals surface area (Å²) in [4.78, 5) is 29.5. The first-order chi connectivity index (χ1) is 16.0. The zero-order chi connectivity index (χ0) is 23.2. The molecule has 2 heterocycles. The number of piperazine rings is 1. The quantitative estimate of drug-likeness (QED) is 0.570. The van der Waals surface area contributed by atoms with E-state index in [0.29, 0.717) is 37.6 Å². The van der Waals surface area contributed by atoms with Gasteiger partial charge in [0.1, 0.15) is 11.4 Å². The molecule has 0 spiro atoms. The van der Waals surface area contributed by atoms with Crippen molar-refractivity contribution in [3.05, 3.63) is 83.2 Å². The van der Waals surface area contributed by atoms with Crippen LogP contribution >= 0.6 is 0 Å². The molecular formula is C25H29N5O3. The van der Waals surface area contributed by atoms with Gasteiger partial charge in [0.05, 0.1) is 19.0 Å². The van der Waals surface area contributed by atoms with Crippen LogP contribution in [0.2, 0.25) is 0 Å². The van der Waals surface area contributed by atoms with Crippen molar-refractivity contribution in [1.29, 1.82) is 0 Å². The van der Waals surface area contributed by atoms with Gasteiger partial charge in [-0.25, -0.2) is 4.63 Å². The Morgan fingerprint density at radius 3 is 2.33 bits per heavy atom. The fourth-order valence-corrected chi connectivity index (χ4v) is 4.24. The topological polar surface area (TPSA) is 91.6 Å². The van der Waals surface area contributed by atoms with Crippen LogP contribution in [0.4, 0.5) is 0 Å². The first kappa shape index (κ1) is 22.7. The van der Waals surface area contributed by atoms with E-state index in [-0.39, 0.29) is 24.2 Å². The molecule has 1 aliphatic rings. The normalized spacial score (nSPS) is 16.6. The van der Waals surface area contributed by atoms with Gasteiger partial charge in [-0.2, -0.15) is 0 Å². The number of aryl methyl sites for hydroxylation is 1. The maximum Gasteiger partial charge on any atom is 0.237 e. The van der Waals surface area contributed by atoms with E-state index < -0.39 is 6.04 Å². The average molecular weight is 448 g/mol. The van der Waals surface area contributed by atoms with Crippen LogP contribution in [0.15, 0.2) is 65.3 Å². The smallest absolute Gasteiger partial charge is 0.237 e. The number of carbonyl (C=O) groups excluding carboxylic acids is 2. The molecule has 1 fully saturated rings. The SMILES string of the molecule is Cc1nonc1CN(C)C(=O)CC1C(=O)NCCN1CC(c1ccccc1)c1ccccc1. The summed E-state index contributed by atoms with van der Waals surface area (Å²) in [5, 5.41) is 10.5. The predicted molar refractivity (Wildman–Crippen MR) is 123 cm³/mol. The molecule has 0 aliphatic carbocycles. The van der Waals surface area contributed by atoms with Gasteiger partial charge in [0.2, 0.25) is 11.8 Å². The van der Waals surface area contributed by atoms with Crippen molar-refractivity contribution in [3.63, 3.8) is 0 Å². The van der Waals surface area contributed by atoms with Crippen LogP contribution in [0.25, 0.3) is 0 Å². The maximum atomic E-state index is 13.0. The predicted octanol–water partition coefficient (Wildman–Crippen LogP) is 2.36. The number of amides is 2. The fraction of sp³-hybridized carbons (Fsp3) is 0.360. The van der Waals surface area contributed by atoms with Crippen LogP contribution in [-0.4, -0.2) is 64.7 Å². The first-order valence-electron chi connectivity index (χ1n) is 11.2. The highest BCUT2D eigenvalue weighted by molar-refractivity contribution is 5.88. The Bertz CT molecular complexity index is 1030. The highest BCUT2D eigenvalue weighted by Crippen LogP contribution is 2.27. The van der Waals surface area contributed by atoms with Crippen LogP contribution in [0.1, 0.15) is 34.9 Å². The summed E-state index contributed by atoms with van der Waals surface area (Å²) in [6.07, 6.45) is 0.100. The lowest BCUT2D eigenvalue weighted by atomic mass is 9.90. The molecule has 33 heavy (non-hydrogen) atoms. The molecule has 0 bridgehead atoms. The molecule has 3 aromatic rings. The second-order valence-electron chi connectivity index (χ2n) is 8.43.